The molecule has 0 bridgehead atoms. The van der Waals surface area contributed by atoms with Crippen molar-refractivity contribution in [3.05, 3.63) is 46.1 Å². The molecule has 90 valence electrons. The number of carbonyl (C=O) groups is 1. The number of nitriles is 1. The van der Waals surface area contributed by atoms with Crippen LogP contribution >= 0.6 is 15.9 Å². The summed E-state index contributed by atoms with van der Waals surface area (Å²) < 4.78 is 2.17. The number of hydrogen-bond donors (Lipinski definition) is 1. The molecule has 1 aromatic carbocycles. The number of hydrogen-bond acceptors (Lipinski definition) is 3. The molecule has 1 aromatic heterocycles. The first-order valence-corrected chi connectivity index (χ1v) is 5.90. The summed E-state index contributed by atoms with van der Waals surface area (Å²) in [4.78, 5) is 12.0. The van der Waals surface area contributed by atoms with Crippen LogP contribution in [0.2, 0.25) is 0 Å². The van der Waals surface area contributed by atoms with Crippen molar-refractivity contribution >= 4 is 27.7 Å². The summed E-state index contributed by atoms with van der Waals surface area (Å²) in [5, 5.41) is 15.5. The minimum Gasteiger partial charge on any atom is -0.304 e. The number of anilines is 1. The van der Waals surface area contributed by atoms with E-state index < -0.39 is 0 Å². The first-order chi connectivity index (χ1) is 8.61. The normalized spacial score (nSPS) is 9.83. The lowest BCUT2D eigenvalue weighted by molar-refractivity contribution is 0.102. The lowest BCUT2D eigenvalue weighted by Gasteiger charge is -2.04. The van der Waals surface area contributed by atoms with Crippen LogP contribution in [0.15, 0.2) is 34.9 Å². The molecule has 0 unspecified atom stereocenters. The van der Waals surface area contributed by atoms with Crippen molar-refractivity contribution < 1.29 is 4.79 Å². The zero-order chi connectivity index (χ0) is 13.1. The van der Waals surface area contributed by atoms with E-state index >= 15 is 0 Å². The molecule has 18 heavy (non-hydrogen) atoms. The fourth-order valence-electron chi connectivity index (χ4n) is 1.48. The average molecular weight is 305 g/mol. The van der Waals surface area contributed by atoms with Crippen molar-refractivity contribution in [2.75, 3.05) is 5.32 Å². The number of carbonyl (C=O) groups excluding carboxylic acids is 1. The maximum absolute atomic E-state index is 12.0. The van der Waals surface area contributed by atoms with Gasteiger partial charge in [-0.25, -0.2) is 0 Å². The van der Waals surface area contributed by atoms with Gasteiger partial charge in [0, 0.05) is 17.7 Å². The van der Waals surface area contributed by atoms with Crippen molar-refractivity contribution in [1.82, 2.24) is 9.78 Å². The molecule has 0 aliphatic rings. The van der Waals surface area contributed by atoms with E-state index in [1.165, 1.54) is 4.68 Å². The van der Waals surface area contributed by atoms with Gasteiger partial charge in [0.15, 0.2) is 5.82 Å². The molecule has 1 amide bonds. The molecule has 0 fully saturated rings. The van der Waals surface area contributed by atoms with Crippen LogP contribution in [0.25, 0.3) is 0 Å². The van der Waals surface area contributed by atoms with E-state index in [1.807, 2.05) is 12.1 Å². The highest BCUT2D eigenvalue weighted by Gasteiger charge is 2.14. The van der Waals surface area contributed by atoms with E-state index in [1.54, 1.807) is 31.4 Å². The van der Waals surface area contributed by atoms with Crippen LogP contribution in [-0.4, -0.2) is 15.7 Å². The number of aryl methyl sites for hydroxylation is 1. The van der Waals surface area contributed by atoms with Crippen LogP contribution in [0.1, 0.15) is 15.9 Å². The molecule has 0 saturated carbocycles. The number of halogens is 1. The molecule has 2 rings (SSSR count). The topological polar surface area (TPSA) is 70.7 Å². The molecule has 0 spiro atoms. The number of rotatable bonds is 2. The Labute approximate surface area is 112 Å². The SMILES string of the molecule is Cn1cc(C#N)c(NC(=O)c2ccccc2Br)n1. The highest BCUT2D eigenvalue weighted by Crippen LogP contribution is 2.18. The van der Waals surface area contributed by atoms with E-state index in [-0.39, 0.29) is 11.7 Å². The minimum atomic E-state index is -0.308. The largest absolute Gasteiger partial charge is 0.304 e. The van der Waals surface area contributed by atoms with E-state index in [9.17, 15) is 4.79 Å². The summed E-state index contributed by atoms with van der Waals surface area (Å²) in [5.41, 5.74) is 0.824. The Morgan fingerprint density at radius 2 is 2.22 bits per heavy atom. The van der Waals surface area contributed by atoms with E-state index in [4.69, 9.17) is 5.26 Å². The van der Waals surface area contributed by atoms with Crippen LogP contribution < -0.4 is 5.32 Å². The van der Waals surface area contributed by atoms with Gasteiger partial charge in [0.25, 0.3) is 5.91 Å². The van der Waals surface area contributed by atoms with Gasteiger partial charge < -0.3 is 5.32 Å². The second-order valence-electron chi connectivity index (χ2n) is 3.61. The quantitative estimate of drug-likeness (QED) is 0.925. The monoisotopic (exact) mass is 304 g/mol. The Bertz CT molecular complexity index is 642. The van der Waals surface area contributed by atoms with E-state index in [2.05, 4.69) is 26.3 Å². The first-order valence-electron chi connectivity index (χ1n) is 5.11. The predicted molar refractivity (Wildman–Crippen MR) is 70.0 cm³/mol. The fraction of sp³-hybridized carbons (Fsp3) is 0.0833. The van der Waals surface area contributed by atoms with Gasteiger partial charge in [0.05, 0.1) is 5.56 Å². The highest BCUT2D eigenvalue weighted by molar-refractivity contribution is 9.10. The summed E-state index contributed by atoms with van der Waals surface area (Å²) in [5.74, 6) is -0.0431. The van der Waals surface area contributed by atoms with Crippen molar-refractivity contribution in [3.8, 4) is 6.07 Å². The van der Waals surface area contributed by atoms with Crippen molar-refractivity contribution in [1.29, 1.82) is 5.26 Å². The lowest BCUT2D eigenvalue weighted by atomic mass is 10.2. The fourth-order valence-corrected chi connectivity index (χ4v) is 1.95. The molecule has 0 radical (unpaired) electrons. The molecular formula is C12H9BrN4O. The van der Waals surface area contributed by atoms with Crippen molar-refractivity contribution in [2.45, 2.75) is 0 Å². The van der Waals surface area contributed by atoms with Crippen LogP contribution in [-0.2, 0) is 7.05 Å². The molecule has 0 aliphatic carbocycles. The van der Waals surface area contributed by atoms with Gasteiger partial charge in [-0.3, -0.25) is 9.48 Å². The smallest absolute Gasteiger partial charge is 0.258 e. The Kier molecular flexibility index (Phi) is 3.44. The number of aromatic nitrogens is 2. The average Bonchev–Trinajstić information content (AvgIpc) is 2.70. The van der Waals surface area contributed by atoms with Gasteiger partial charge >= 0.3 is 0 Å². The summed E-state index contributed by atoms with van der Waals surface area (Å²) in [6.07, 6.45) is 1.55. The highest BCUT2D eigenvalue weighted by atomic mass is 79.9. The first kappa shape index (κ1) is 12.3. The number of amides is 1. The molecule has 1 N–H and O–H groups in total. The van der Waals surface area contributed by atoms with Crippen LogP contribution in [0, 0.1) is 11.3 Å². The minimum absolute atomic E-state index is 0.265. The molecule has 0 aliphatic heterocycles. The second-order valence-corrected chi connectivity index (χ2v) is 4.47. The maximum atomic E-state index is 12.0. The van der Waals surface area contributed by atoms with Crippen molar-refractivity contribution in [2.24, 2.45) is 7.05 Å². The van der Waals surface area contributed by atoms with Crippen LogP contribution in [0.5, 0.6) is 0 Å². The summed E-state index contributed by atoms with van der Waals surface area (Å²) in [7, 11) is 1.69. The Morgan fingerprint density at radius 1 is 1.50 bits per heavy atom. The molecule has 2 aromatic rings. The Hall–Kier alpha value is -2.13. The van der Waals surface area contributed by atoms with Crippen LogP contribution in [0.4, 0.5) is 5.82 Å². The molecule has 6 heteroatoms. The van der Waals surface area contributed by atoms with Gasteiger partial charge in [-0.2, -0.15) is 10.4 Å². The second kappa shape index (κ2) is 5.02. The van der Waals surface area contributed by atoms with Gasteiger partial charge in [0.2, 0.25) is 0 Å². The standard InChI is InChI=1S/C12H9BrN4O/c1-17-7-8(6-14)11(16-17)15-12(18)9-4-2-3-5-10(9)13/h2-5,7H,1H3,(H,15,16,18). The van der Waals surface area contributed by atoms with Gasteiger partial charge in [0.1, 0.15) is 11.6 Å². The third-order valence-corrected chi connectivity index (χ3v) is 2.99. The zero-order valence-electron chi connectivity index (χ0n) is 9.51. The summed E-state index contributed by atoms with van der Waals surface area (Å²) in [6, 6.07) is 9.03. The molecule has 0 atom stereocenters. The van der Waals surface area contributed by atoms with E-state index in [0.29, 0.717) is 15.6 Å². The van der Waals surface area contributed by atoms with Crippen molar-refractivity contribution in [3.63, 3.8) is 0 Å². The van der Waals surface area contributed by atoms with Gasteiger partial charge in [-0.05, 0) is 28.1 Å². The summed E-state index contributed by atoms with van der Waals surface area (Å²) in [6.45, 7) is 0. The Balaban J connectivity index is 2.27. The lowest BCUT2D eigenvalue weighted by Crippen LogP contribution is -2.13. The maximum Gasteiger partial charge on any atom is 0.258 e. The van der Waals surface area contributed by atoms with Gasteiger partial charge in [-0.1, -0.05) is 12.1 Å². The molecule has 0 saturated heterocycles. The molecular weight excluding hydrogens is 296 g/mol. The van der Waals surface area contributed by atoms with Crippen LogP contribution in [0.3, 0.4) is 0 Å². The number of nitrogens with one attached hydrogen (secondary N) is 1. The third-order valence-electron chi connectivity index (χ3n) is 2.30. The third kappa shape index (κ3) is 2.41. The predicted octanol–water partition coefficient (Wildman–Crippen LogP) is 2.31. The number of nitrogens with zero attached hydrogens (tertiary/aromatic N) is 3. The van der Waals surface area contributed by atoms with Gasteiger partial charge in [-0.15, -0.1) is 0 Å². The van der Waals surface area contributed by atoms with E-state index in [0.717, 1.165) is 0 Å². The Morgan fingerprint density at radius 3 is 2.89 bits per heavy atom. The summed E-state index contributed by atoms with van der Waals surface area (Å²) >= 11 is 3.30. The zero-order valence-corrected chi connectivity index (χ0v) is 11.1. The molecule has 5 nitrogen and oxygen atoms in total. The molecule has 1 heterocycles. The number of benzene rings is 1.